The zero-order chi connectivity index (χ0) is 22.9. The van der Waals surface area contributed by atoms with E-state index in [1.54, 1.807) is 61.7 Å². The van der Waals surface area contributed by atoms with Crippen molar-refractivity contribution in [1.29, 1.82) is 0 Å². The lowest BCUT2D eigenvalue weighted by molar-refractivity contribution is -0.118. The summed E-state index contributed by atoms with van der Waals surface area (Å²) in [4.78, 5) is 25.6. The summed E-state index contributed by atoms with van der Waals surface area (Å²) in [5.74, 6) is 1.00. The number of amides is 2. The van der Waals surface area contributed by atoms with Crippen molar-refractivity contribution in [1.82, 2.24) is 10.6 Å². The van der Waals surface area contributed by atoms with Crippen LogP contribution in [-0.2, 0) is 4.79 Å². The summed E-state index contributed by atoms with van der Waals surface area (Å²) in [7, 11) is 1.60. The molecule has 7 nitrogen and oxygen atoms in total. The van der Waals surface area contributed by atoms with Gasteiger partial charge in [-0.3, -0.25) is 9.59 Å². The number of furan rings is 1. The Hall–Kier alpha value is -4.00. The van der Waals surface area contributed by atoms with Gasteiger partial charge in [-0.05, 0) is 62.4 Å². The first-order valence-electron chi connectivity index (χ1n) is 10.2. The van der Waals surface area contributed by atoms with Crippen molar-refractivity contribution in [3.63, 3.8) is 0 Å². The van der Waals surface area contributed by atoms with Crippen LogP contribution in [-0.4, -0.2) is 31.6 Å². The minimum atomic E-state index is -0.451. The molecule has 7 heteroatoms. The fraction of sp³-hybridized carbons (Fsp3) is 0.200. The van der Waals surface area contributed by atoms with Gasteiger partial charge in [0.25, 0.3) is 11.8 Å². The monoisotopic (exact) mass is 434 g/mol. The van der Waals surface area contributed by atoms with E-state index in [0.717, 1.165) is 11.3 Å². The Balaban J connectivity index is 1.65. The average molecular weight is 434 g/mol. The van der Waals surface area contributed by atoms with E-state index in [0.29, 0.717) is 17.1 Å². The number of aryl methyl sites for hydroxylation is 1. The molecule has 166 valence electrons. The van der Waals surface area contributed by atoms with E-state index in [1.807, 2.05) is 19.9 Å². The maximum Gasteiger partial charge on any atom is 0.268 e. The van der Waals surface area contributed by atoms with Crippen molar-refractivity contribution in [3.8, 4) is 11.5 Å². The molecule has 3 rings (SSSR count). The predicted octanol–water partition coefficient (Wildman–Crippen LogP) is 3.95. The van der Waals surface area contributed by atoms with Gasteiger partial charge in [-0.2, -0.15) is 0 Å². The Labute approximate surface area is 187 Å². The molecule has 1 aromatic heterocycles. The lowest BCUT2D eigenvalue weighted by Gasteiger charge is -2.17. The van der Waals surface area contributed by atoms with Crippen molar-refractivity contribution >= 4 is 17.9 Å². The van der Waals surface area contributed by atoms with Crippen molar-refractivity contribution in [2.45, 2.75) is 19.9 Å². The van der Waals surface area contributed by atoms with Crippen molar-refractivity contribution in [2.24, 2.45) is 0 Å². The highest BCUT2D eigenvalue weighted by Gasteiger charge is 2.17. The highest BCUT2D eigenvalue weighted by molar-refractivity contribution is 6.05. The van der Waals surface area contributed by atoms with Crippen LogP contribution in [0.1, 0.15) is 28.6 Å². The van der Waals surface area contributed by atoms with E-state index in [4.69, 9.17) is 13.9 Å². The van der Waals surface area contributed by atoms with Gasteiger partial charge in [0.15, 0.2) is 0 Å². The Morgan fingerprint density at radius 2 is 1.81 bits per heavy atom. The zero-order valence-electron chi connectivity index (χ0n) is 18.3. The fourth-order valence-corrected chi connectivity index (χ4v) is 2.89. The van der Waals surface area contributed by atoms with Gasteiger partial charge in [-0.25, -0.2) is 0 Å². The van der Waals surface area contributed by atoms with Crippen LogP contribution in [0.2, 0.25) is 0 Å². The second-order valence-electron chi connectivity index (χ2n) is 7.26. The van der Waals surface area contributed by atoms with Crippen LogP contribution in [0.3, 0.4) is 0 Å². The van der Waals surface area contributed by atoms with E-state index in [9.17, 15) is 9.59 Å². The number of methoxy groups -OCH3 is 1. The van der Waals surface area contributed by atoms with E-state index in [2.05, 4.69) is 10.6 Å². The van der Waals surface area contributed by atoms with Crippen LogP contribution < -0.4 is 20.1 Å². The molecule has 0 spiro atoms. The van der Waals surface area contributed by atoms with Gasteiger partial charge in [0, 0.05) is 11.6 Å². The second-order valence-corrected chi connectivity index (χ2v) is 7.26. The molecule has 2 aromatic carbocycles. The fourth-order valence-electron chi connectivity index (χ4n) is 2.89. The molecule has 0 bridgehead atoms. The molecular weight excluding hydrogens is 408 g/mol. The molecule has 1 unspecified atom stereocenters. The van der Waals surface area contributed by atoms with Gasteiger partial charge in [-0.15, -0.1) is 0 Å². The Bertz CT molecular complexity index is 1070. The first-order valence-corrected chi connectivity index (χ1v) is 10.2. The number of hydrogen-bond acceptors (Lipinski definition) is 5. The third-order valence-electron chi connectivity index (χ3n) is 4.54. The van der Waals surface area contributed by atoms with Gasteiger partial charge in [0.05, 0.1) is 19.4 Å². The van der Waals surface area contributed by atoms with E-state index < -0.39 is 5.91 Å². The van der Waals surface area contributed by atoms with Crippen LogP contribution in [0.25, 0.3) is 6.08 Å². The van der Waals surface area contributed by atoms with E-state index in [-0.39, 0.29) is 24.3 Å². The SMILES string of the molecule is COc1ccc(OCC(C)NC(=O)/C(=C/c2ccco2)NC(=O)c2cccc(C)c2)cc1. The molecule has 0 aliphatic rings. The standard InChI is InChI=1S/C25H26N2O5/c1-17-6-4-7-19(14-17)24(28)27-23(15-22-8-5-13-31-22)25(29)26-18(2)16-32-21-11-9-20(30-3)10-12-21/h4-15,18H,16H2,1-3H3,(H,26,29)(H,27,28)/b23-15-. The van der Waals surface area contributed by atoms with Crippen LogP contribution in [0.15, 0.2) is 77.0 Å². The van der Waals surface area contributed by atoms with Gasteiger partial charge >= 0.3 is 0 Å². The molecule has 0 radical (unpaired) electrons. The number of rotatable bonds is 9. The van der Waals surface area contributed by atoms with Crippen molar-refractivity contribution < 1.29 is 23.5 Å². The quantitative estimate of drug-likeness (QED) is 0.498. The number of hydrogen-bond donors (Lipinski definition) is 2. The molecule has 0 aliphatic carbocycles. The number of carbonyl (C=O) groups excluding carboxylic acids is 2. The van der Waals surface area contributed by atoms with Crippen molar-refractivity contribution in [2.75, 3.05) is 13.7 Å². The zero-order valence-corrected chi connectivity index (χ0v) is 18.3. The molecule has 32 heavy (non-hydrogen) atoms. The minimum Gasteiger partial charge on any atom is -0.497 e. The third kappa shape index (κ3) is 6.50. The summed E-state index contributed by atoms with van der Waals surface area (Å²) in [5, 5.41) is 5.53. The summed E-state index contributed by atoms with van der Waals surface area (Å²) in [5.41, 5.74) is 1.48. The number of nitrogens with one attached hydrogen (secondary N) is 2. The van der Waals surface area contributed by atoms with Crippen LogP contribution >= 0.6 is 0 Å². The van der Waals surface area contributed by atoms with Crippen molar-refractivity contribution in [3.05, 3.63) is 89.5 Å². The summed E-state index contributed by atoms with van der Waals surface area (Å²) in [6, 6.07) is 17.4. The Kier molecular flexibility index (Phi) is 7.70. The molecule has 3 aromatic rings. The summed E-state index contributed by atoms with van der Waals surface area (Å²) < 4.78 is 16.2. The summed E-state index contributed by atoms with van der Waals surface area (Å²) in [6.07, 6.45) is 2.98. The topological polar surface area (TPSA) is 89.8 Å². The number of carbonyl (C=O) groups is 2. The minimum absolute atomic E-state index is 0.0720. The van der Waals surface area contributed by atoms with Gasteiger partial charge in [0.2, 0.25) is 0 Å². The van der Waals surface area contributed by atoms with Gasteiger partial charge < -0.3 is 24.5 Å². The number of ether oxygens (including phenoxy) is 2. The normalized spacial score (nSPS) is 12.0. The summed E-state index contributed by atoms with van der Waals surface area (Å²) in [6.45, 7) is 3.96. The molecule has 0 saturated carbocycles. The highest BCUT2D eigenvalue weighted by atomic mass is 16.5. The lowest BCUT2D eigenvalue weighted by atomic mass is 10.1. The largest absolute Gasteiger partial charge is 0.497 e. The highest BCUT2D eigenvalue weighted by Crippen LogP contribution is 2.17. The molecule has 0 saturated heterocycles. The molecule has 1 heterocycles. The van der Waals surface area contributed by atoms with Crippen LogP contribution in [0.4, 0.5) is 0 Å². The van der Waals surface area contributed by atoms with Gasteiger partial charge in [0.1, 0.15) is 29.6 Å². The molecule has 0 fully saturated rings. The lowest BCUT2D eigenvalue weighted by Crippen LogP contribution is -2.41. The molecule has 2 amide bonds. The summed E-state index contributed by atoms with van der Waals surface area (Å²) >= 11 is 0. The molecular formula is C25H26N2O5. The molecule has 2 N–H and O–H groups in total. The van der Waals surface area contributed by atoms with E-state index in [1.165, 1.54) is 12.3 Å². The first kappa shape index (κ1) is 22.7. The molecule has 0 aliphatic heterocycles. The van der Waals surface area contributed by atoms with Gasteiger partial charge in [-0.1, -0.05) is 17.7 Å². The number of benzene rings is 2. The maximum atomic E-state index is 12.9. The third-order valence-corrected chi connectivity index (χ3v) is 4.54. The average Bonchev–Trinajstić information content (AvgIpc) is 3.30. The smallest absolute Gasteiger partial charge is 0.268 e. The predicted molar refractivity (Wildman–Crippen MR) is 121 cm³/mol. The van der Waals surface area contributed by atoms with Crippen LogP contribution in [0.5, 0.6) is 11.5 Å². The maximum absolute atomic E-state index is 12.9. The molecule has 1 atom stereocenters. The first-order chi connectivity index (χ1) is 15.4. The Morgan fingerprint density at radius 3 is 2.47 bits per heavy atom. The Morgan fingerprint density at radius 1 is 1.06 bits per heavy atom. The second kappa shape index (κ2) is 10.9. The van der Waals surface area contributed by atoms with Crippen LogP contribution in [0, 0.1) is 6.92 Å². The van der Waals surface area contributed by atoms with E-state index >= 15 is 0 Å².